The highest BCUT2D eigenvalue weighted by Gasteiger charge is 2.11. The van der Waals surface area contributed by atoms with Crippen LogP contribution in [0.25, 0.3) is 0 Å². The molecule has 0 bridgehead atoms. The van der Waals surface area contributed by atoms with Crippen LogP contribution in [0.4, 0.5) is 5.69 Å². The maximum atomic E-state index is 12.1. The third-order valence-electron chi connectivity index (χ3n) is 3.62. The van der Waals surface area contributed by atoms with E-state index < -0.39 is 16.8 Å². The molecule has 1 aromatic heterocycles. The third-order valence-corrected chi connectivity index (χ3v) is 3.62. The Labute approximate surface area is 164 Å². The summed E-state index contributed by atoms with van der Waals surface area (Å²) in [4.78, 5) is 33.9. The summed E-state index contributed by atoms with van der Waals surface area (Å²) in [6.45, 7) is -0.222. The van der Waals surface area contributed by atoms with Crippen molar-refractivity contribution in [3.05, 3.63) is 88.2 Å². The molecule has 1 N–H and O–H groups in total. The minimum Gasteiger partial charge on any atom is -0.423 e. The van der Waals surface area contributed by atoms with Crippen LogP contribution >= 0.6 is 0 Å². The normalized spacial score (nSPS) is 10.6. The van der Waals surface area contributed by atoms with Crippen LogP contribution in [0.5, 0.6) is 5.75 Å². The molecule has 146 valence electrons. The van der Waals surface area contributed by atoms with Gasteiger partial charge in [0.1, 0.15) is 24.7 Å². The Kier molecular flexibility index (Phi) is 6.05. The number of carbonyl (C=O) groups is 2. The smallest absolute Gasteiger partial charge is 0.343 e. The molecule has 0 fully saturated rings. The van der Waals surface area contributed by atoms with E-state index in [1.807, 2.05) is 0 Å². The van der Waals surface area contributed by atoms with E-state index in [-0.39, 0.29) is 12.2 Å². The molecule has 0 aliphatic heterocycles. The van der Waals surface area contributed by atoms with Crippen molar-refractivity contribution in [1.29, 1.82) is 0 Å². The van der Waals surface area contributed by atoms with Crippen molar-refractivity contribution in [2.24, 2.45) is 5.10 Å². The SMILES string of the molecule is O=C(Cn1cc([N+](=O)[O-])cn1)N/N=C/c1cccc(OC(=O)c2ccccc2)c1. The number of amides is 1. The lowest BCUT2D eigenvalue weighted by atomic mass is 10.2. The van der Waals surface area contributed by atoms with Crippen LogP contribution in [-0.4, -0.2) is 32.8 Å². The van der Waals surface area contributed by atoms with E-state index in [9.17, 15) is 19.7 Å². The van der Waals surface area contributed by atoms with E-state index in [1.54, 1.807) is 54.6 Å². The molecule has 0 atom stereocenters. The summed E-state index contributed by atoms with van der Waals surface area (Å²) in [7, 11) is 0. The Balaban J connectivity index is 1.55. The highest BCUT2D eigenvalue weighted by molar-refractivity contribution is 5.91. The van der Waals surface area contributed by atoms with Gasteiger partial charge in [0.2, 0.25) is 0 Å². The molecule has 0 aliphatic carbocycles. The first kappa shape index (κ1) is 19.4. The molecule has 2 aromatic carbocycles. The minimum absolute atomic E-state index is 0.205. The van der Waals surface area contributed by atoms with Crippen molar-refractivity contribution in [2.75, 3.05) is 0 Å². The zero-order valence-electron chi connectivity index (χ0n) is 15.0. The number of hydrogen-bond acceptors (Lipinski definition) is 7. The van der Waals surface area contributed by atoms with Gasteiger partial charge in [-0.1, -0.05) is 30.3 Å². The Bertz CT molecular complexity index is 1060. The molecule has 1 amide bonds. The summed E-state index contributed by atoms with van der Waals surface area (Å²) in [5.41, 5.74) is 3.12. The van der Waals surface area contributed by atoms with Gasteiger partial charge in [-0.3, -0.25) is 19.6 Å². The number of esters is 1. The molecule has 0 saturated heterocycles. The van der Waals surface area contributed by atoms with E-state index in [0.29, 0.717) is 16.9 Å². The number of benzene rings is 2. The van der Waals surface area contributed by atoms with Gasteiger partial charge in [-0.15, -0.1) is 0 Å². The quantitative estimate of drug-likeness (QED) is 0.215. The molecule has 0 spiro atoms. The monoisotopic (exact) mass is 393 g/mol. The standard InChI is InChI=1S/C19H15N5O5/c25-18(13-23-12-16(11-21-23)24(27)28)22-20-10-14-5-4-8-17(9-14)29-19(26)15-6-2-1-3-7-15/h1-12H,13H2,(H,22,25)/b20-10+. The van der Waals surface area contributed by atoms with Crippen LogP contribution in [0.3, 0.4) is 0 Å². The summed E-state index contributed by atoms with van der Waals surface area (Å²) in [6, 6.07) is 15.2. The van der Waals surface area contributed by atoms with Crippen molar-refractivity contribution in [3.8, 4) is 5.75 Å². The lowest BCUT2D eigenvalue weighted by Gasteiger charge is -2.05. The van der Waals surface area contributed by atoms with Crippen LogP contribution in [-0.2, 0) is 11.3 Å². The van der Waals surface area contributed by atoms with Gasteiger partial charge in [0.05, 0.1) is 16.7 Å². The number of nitrogens with one attached hydrogen (secondary N) is 1. The van der Waals surface area contributed by atoms with Gasteiger partial charge in [0, 0.05) is 0 Å². The fourth-order valence-electron chi connectivity index (χ4n) is 2.29. The molecule has 0 aliphatic rings. The summed E-state index contributed by atoms with van der Waals surface area (Å²) >= 11 is 0. The molecule has 1 heterocycles. The molecule has 29 heavy (non-hydrogen) atoms. The van der Waals surface area contributed by atoms with Crippen molar-refractivity contribution < 1.29 is 19.2 Å². The summed E-state index contributed by atoms with van der Waals surface area (Å²) < 4.78 is 6.45. The zero-order valence-corrected chi connectivity index (χ0v) is 15.0. The number of rotatable bonds is 7. The fourth-order valence-corrected chi connectivity index (χ4v) is 2.29. The average Bonchev–Trinajstić information content (AvgIpc) is 3.18. The third kappa shape index (κ3) is 5.57. The van der Waals surface area contributed by atoms with Gasteiger partial charge < -0.3 is 4.74 Å². The van der Waals surface area contributed by atoms with E-state index in [2.05, 4.69) is 15.6 Å². The summed E-state index contributed by atoms with van der Waals surface area (Å²) in [6.07, 6.45) is 3.58. The second-order valence-electron chi connectivity index (χ2n) is 5.77. The fraction of sp³-hybridized carbons (Fsp3) is 0.0526. The number of ether oxygens (including phenoxy) is 1. The van der Waals surface area contributed by atoms with Crippen LogP contribution in [0.15, 0.2) is 72.1 Å². The summed E-state index contributed by atoms with van der Waals surface area (Å²) in [5, 5.41) is 18.1. The lowest BCUT2D eigenvalue weighted by Crippen LogP contribution is -2.23. The highest BCUT2D eigenvalue weighted by atomic mass is 16.6. The molecule has 0 radical (unpaired) electrons. The Morgan fingerprint density at radius 3 is 2.72 bits per heavy atom. The summed E-state index contributed by atoms with van der Waals surface area (Å²) in [5.74, 6) is -0.662. The van der Waals surface area contributed by atoms with Gasteiger partial charge in [-0.2, -0.15) is 10.2 Å². The number of carbonyl (C=O) groups excluding carboxylic acids is 2. The van der Waals surface area contributed by atoms with Crippen LogP contribution in [0, 0.1) is 10.1 Å². The van der Waals surface area contributed by atoms with E-state index in [0.717, 1.165) is 17.1 Å². The second-order valence-corrected chi connectivity index (χ2v) is 5.77. The average molecular weight is 393 g/mol. The van der Waals surface area contributed by atoms with Gasteiger partial charge >= 0.3 is 11.7 Å². The lowest BCUT2D eigenvalue weighted by molar-refractivity contribution is -0.385. The Morgan fingerprint density at radius 2 is 2.00 bits per heavy atom. The number of hydrogen-bond donors (Lipinski definition) is 1. The molecule has 0 saturated carbocycles. The van der Waals surface area contributed by atoms with Crippen LogP contribution in [0.1, 0.15) is 15.9 Å². The first-order chi connectivity index (χ1) is 14.0. The van der Waals surface area contributed by atoms with Crippen molar-refractivity contribution in [1.82, 2.24) is 15.2 Å². The zero-order chi connectivity index (χ0) is 20.6. The molecular weight excluding hydrogens is 378 g/mol. The van der Waals surface area contributed by atoms with E-state index >= 15 is 0 Å². The van der Waals surface area contributed by atoms with Crippen LogP contribution < -0.4 is 10.2 Å². The first-order valence-corrected chi connectivity index (χ1v) is 8.37. The topological polar surface area (TPSA) is 129 Å². The maximum absolute atomic E-state index is 12.1. The molecule has 0 unspecified atom stereocenters. The number of aromatic nitrogens is 2. The molecule has 3 aromatic rings. The van der Waals surface area contributed by atoms with Crippen LogP contribution in [0.2, 0.25) is 0 Å². The maximum Gasteiger partial charge on any atom is 0.343 e. The Hall–Kier alpha value is -4.34. The van der Waals surface area contributed by atoms with Gasteiger partial charge in [0.25, 0.3) is 5.91 Å². The second kappa shape index (κ2) is 9.04. The first-order valence-electron chi connectivity index (χ1n) is 8.37. The number of nitro groups is 1. The molecule has 10 heteroatoms. The van der Waals surface area contributed by atoms with E-state index in [1.165, 1.54) is 6.21 Å². The highest BCUT2D eigenvalue weighted by Crippen LogP contribution is 2.14. The predicted octanol–water partition coefficient (Wildman–Crippen LogP) is 2.16. The number of nitrogens with zero attached hydrogens (tertiary/aromatic N) is 4. The van der Waals surface area contributed by atoms with Gasteiger partial charge in [-0.25, -0.2) is 10.2 Å². The Morgan fingerprint density at radius 1 is 1.21 bits per heavy atom. The van der Waals surface area contributed by atoms with Crippen molar-refractivity contribution in [2.45, 2.75) is 6.54 Å². The van der Waals surface area contributed by atoms with E-state index in [4.69, 9.17) is 4.74 Å². The number of hydrazone groups is 1. The van der Waals surface area contributed by atoms with Crippen molar-refractivity contribution >= 4 is 23.8 Å². The molecule has 10 nitrogen and oxygen atoms in total. The molecular formula is C19H15N5O5. The predicted molar refractivity (Wildman–Crippen MR) is 102 cm³/mol. The van der Waals surface area contributed by atoms with Crippen molar-refractivity contribution in [3.63, 3.8) is 0 Å². The van der Waals surface area contributed by atoms with Gasteiger partial charge in [0.15, 0.2) is 0 Å². The molecule has 3 rings (SSSR count). The largest absolute Gasteiger partial charge is 0.423 e. The minimum atomic E-state index is -0.600. The van der Waals surface area contributed by atoms with Gasteiger partial charge in [-0.05, 0) is 29.8 Å².